The Morgan fingerprint density at radius 3 is 2.37 bits per heavy atom. The van der Waals surface area contributed by atoms with Gasteiger partial charge in [-0.2, -0.15) is 0 Å². The van der Waals surface area contributed by atoms with E-state index in [0.29, 0.717) is 17.9 Å². The van der Waals surface area contributed by atoms with Gasteiger partial charge in [0.05, 0.1) is 25.1 Å². The van der Waals surface area contributed by atoms with Crippen LogP contribution in [0.3, 0.4) is 0 Å². The van der Waals surface area contributed by atoms with Gasteiger partial charge in [-0.1, -0.05) is 24.3 Å². The number of hydrogen-bond acceptors (Lipinski definition) is 4. The van der Waals surface area contributed by atoms with Crippen LogP contribution in [-0.2, 0) is 14.8 Å². The number of para-hydroxylation sites is 2. The van der Waals surface area contributed by atoms with Crippen molar-refractivity contribution in [1.29, 1.82) is 0 Å². The Morgan fingerprint density at radius 2 is 1.73 bits per heavy atom. The molecule has 0 unspecified atom stereocenters. The molecule has 7 heteroatoms. The highest BCUT2D eigenvalue weighted by molar-refractivity contribution is 7.92. The molecule has 0 aromatic heterocycles. The third-order valence-corrected chi connectivity index (χ3v) is 6.43. The number of methoxy groups -OCH3 is 1. The quantitative estimate of drug-likeness (QED) is 0.649. The average Bonchev–Trinajstić information content (AvgIpc) is 2.67. The molecule has 6 nitrogen and oxygen atoms in total. The van der Waals surface area contributed by atoms with E-state index < -0.39 is 10.0 Å². The highest BCUT2D eigenvalue weighted by atomic mass is 32.2. The van der Waals surface area contributed by atoms with Gasteiger partial charge in [-0.15, -0.1) is 0 Å². The molecule has 1 amide bonds. The molecule has 1 atom stereocenters. The van der Waals surface area contributed by atoms with Crippen molar-refractivity contribution in [2.75, 3.05) is 24.2 Å². The molecular weight excluding hydrogens is 400 g/mol. The highest BCUT2D eigenvalue weighted by Gasteiger charge is 2.21. The summed E-state index contributed by atoms with van der Waals surface area (Å²) in [4.78, 5) is 12.5. The number of hydrogen-bond donors (Lipinski definition) is 1. The van der Waals surface area contributed by atoms with Gasteiger partial charge >= 0.3 is 0 Å². The summed E-state index contributed by atoms with van der Waals surface area (Å²) in [5.41, 5.74) is 5.13. The van der Waals surface area contributed by atoms with Crippen molar-refractivity contribution < 1.29 is 17.9 Å². The molecule has 0 radical (unpaired) electrons. The molecule has 2 rings (SSSR count). The summed E-state index contributed by atoms with van der Waals surface area (Å²) < 4.78 is 31.2. The van der Waals surface area contributed by atoms with Crippen LogP contribution >= 0.6 is 0 Å². The number of ether oxygens (including phenoxy) is 1. The lowest BCUT2D eigenvalue weighted by Crippen LogP contribution is -2.33. The van der Waals surface area contributed by atoms with Crippen LogP contribution in [0.1, 0.15) is 48.1 Å². The van der Waals surface area contributed by atoms with E-state index in [1.54, 1.807) is 24.3 Å². The first-order valence-electron chi connectivity index (χ1n) is 10.0. The van der Waals surface area contributed by atoms with E-state index in [2.05, 4.69) is 31.3 Å². The minimum absolute atomic E-state index is 0.103. The topological polar surface area (TPSA) is 75.7 Å². The molecule has 2 aromatic carbocycles. The maximum Gasteiger partial charge on any atom is 0.232 e. The molecule has 0 aliphatic rings. The summed E-state index contributed by atoms with van der Waals surface area (Å²) in [6, 6.07) is 11.1. The van der Waals surface area contributed by atoms with Crippen molar-refractivity contribution in [3.8, 4) is 5.75 Å². The predicted molar refractivity (Wildman–Crippen MR) is 122 cm³/mol. The van der Waals surface area contributed by atoms with Crippen LogP contribution in [0.4, 0.5) is 5.69 Å². The Morgan fingerprint density at radius 1 is 1.10 bits per heavy atom. The largest absolute Gasteiger partial charge is 0.495 e. The Kier molecular flexibility index (Phi) is 7.89. The average molecular weight is 433 g/mol. The zero-order chi connectivity index (χ0) is 22.5. The Labute approximate surface area is 180 Å². The number of nitrogens with one attached hydrogen (secondary N) is 1. The maximum absolute atomic E-state index is 12.5. The third kappa shape index (κ3) is 5.98. The molecule has 2 aromatic rings. The normalized spacial score (nSPS) is 12.3. The number of benzene rings is 2. The summed E-state index contributed by atoms with van der Waals surface area (Å²) in [7, 11) is -2.00. The predicted octanol–water partition coefficient (Wildman–Crippen LogP) is 4.04. The van der Waals surface area contributed by atoms with Crippen molar-refractivity contribution in [3.63, 3.8) is 0 Å². The Hall–Kier alpha value is -2.54. The van der Waals surface area contributed by atoms with Gasteiger partial charge in [-0.3, -0.25) is 9.10 Å². The van der Waals surface area contributed by atoms with Gasteiger partial charge in [-0.05, 0) is 68.5 Å². The molecule has 0 heterocycles. The molecule has 164 valence electrons. The molecule has 0 bridgehead atoms. The monoisotopic (exact) mass is 432 g/mol. The van der Waals surface area contributed by atoms with Gasteiger partial charge in [0.15, 0.2) is 0 Å². The highest BCUT2D eigenvalue weighted by Crippen LogP contribution is 2.29. The fourth-order valence-electron chi connectivity index (χ4n) is 3.52. The number of carbonyl (C=O) groups is 1. The zero-order valence-corrected chi connectivity index (χ0v) is 19.5. The Balaban J connectivity index is 2.02. The van der Waals surface area contributed by atoms with E-state index in [0.717, 1.165) is 17.4 Å². The number of nitrogens with zero attached hydrogens (tertiary/aromatic N) is 1. The SMILES string of the molecule is COc1ccccc1N(CCCC(=O)N[C@H](C)c1cc(C)c(C)cc1C)S(C)(=O)=O. The van der Waals surface area contributed by atoms with E-state index in [-0.39, 0.29) is 24.9 Å². The van der Waals surface area contributed by atoms with Crippen molar-refractivity contribution in [1.82, 2.24) is 5.32 Å². The minimum atomic E-state index is -3.51. The lowest BCUT2D eigenvalue weighted by molar-refractivity contribution is -0.121. The van der Waals surface area contributed by atoms with E-state index in [1.165, 1.54) is 22.5 Å². The van der Waals surface area contributed by atoms with Gasteiger partial charge in [0.2, 0.25) is 15.9 Å². The summed E-state index contributed by atoms with van der Waals surface area (Å²) in [6.07, 6.45) is 1.79. The van der Waals surface area contributed by atoms with Crippen LogP contribution in [0.2, 0.25) is 0 Å². The van der Waals surface area contributed by atoms with E-state index >= 15 is 0 Å². The van der Waals surface area contributed by atoms with Crippen molar-refractivity contribution in [2.45, 2.75) is 46.6 Å². The summed E-state index contributed by atoms with van der Waals surface area (Å²) >= 11 is 0. The van der Waals surface area contributed by atoms with E-state index in [4.69, 9.17) is 4.74 Å². The molecule has 30 heavy (non-hydrogen) atoms. The standard InChI is InChI=1S/C23H32N2O4S/c1-16-14-18(3)20(15-17(16)2)19(4)24-23(26)12-9-13-25(30(6,27)28)21-10-7-8-11-22(21)29-5/h7-8,10-11,14-15,19H,9,12-13H2,1-6H3,(H,24,26)/t19-/m1/s1. The third-order valence-electron chi connectivity index (χ3n) is 5.25. The molecule has 1 N–H and O–H groups in total. The first-order valence-corrected chi connectivity index (χ1v) is 11.9. The van der Waals surface area contributed by atoms with E-state index in [1.807, 2.05) is 13.8 Å². The number of carbonyl (C=O) groups excluding carboxylic acids is 1. The lowest BCUT2D eigenvalue weighted by Gasteiger charge is -2.24. The van der Waals surface area contributed by atoms with Crippen LogP contribution in [0.15, 0.2) is 36.4 Å². The van der Waals surface area contributed by atoms with E-state index in [9.17, 15) is 13.2 Å². The van der Waals surface area contributed by atoms with Gasteiger partial charge in [0, 0.05) is 13.0 Å². The number of anilines is 1. The van der Waals surface area contributed by atoms with Gasteiger partial charge in [-0.25, -0.2) is 8.42 Å². The lowest BCUT2D eigenvalue weighted by atomic mass is 9.96. The van der Waals surface area contributed by atoms with Gasteiger partial charge in [0.25, 0.3) is 0 Å². The van der Waals surface area contributed by atoms with Crippen LogP contribution in [0.25, 0.3) is 0 Å². The molecule has 0 saturated heterocycles. The molecule has 0 aliphatic carbocycles. The number of aryl methyl sites for hydroxylation is 3. The number of amides is 1. The molecular formula is C23H32N2O4S. The Bertz CT molecular complexity index is 1000. The van der Waals surface area contributed by atoms with Crippen molar-refractivity contribution in [3.05, 3.63) is 58.7 Å². The number of rotatable bonds is 9. The second-order valence-corrected chi connectivity index (χ2v) is 9.60. The first-order chi connectivity index (χ1) is 14.0. The molecule has 0 aliphatic heterocycles. The second kappa shape index (κ2) is 9.98. The number of sulfonamides is 1. The van der Waals surface area contributed by atoms with Crippen LogP contribution in [-0.4, -0.2) is 34.2 Å². The minimum Gasteiger partial charge on any atom is -0.495 e. The van der Waals surface area contributed by atoms with Crippen LogP contribution < -0.4 is 14.4 Å². The van der Waals surface area contributed by atoms with Crippen molar-refractivity contribution >= 4 is 21.6 Å². The molecule has 0 saturated carbocycles. The maximum atomic E-state index is 12.5. The second-order valence-electron chi connectivity index (χ2n) is 7.69. The zero-order valence-electron chi connectivity index (χ0n) is 18.7. The summed E-state index contributed by atoms with van der Waals surface area (Å²) in [5.74, 6) is 0.375. The first kappa shape index (κ1) is 23.7. The van der Waals surface area contributed by atoms with Crippen molar-refractivity contribution in [2.24, 2.45) is 0 Å². The molecule has 0 fully saturated rings. The fraction of sp³-hybridized carbons (Fsp3) is 0.435. The summed E-state index contributed by atoms with van der Waals surface area (Å²) in [5, 5.41) is 3.03. The smallest absolute Gasteiger partial charge is 0.232 e. The van der Waals surface area contributed by atoms with Gasteiger partial charge in [0.1, 0.15) is 5.75 Å². The summed E-state index contributed by atoms with van der Waals surface area (Å²) in [6.45, 7) is 8.34. The van der Waals surface area contributed by atoms with Crippen LogP contribution in [0, 0.1) is 20.8 Å². The molecule has 0 spiro atoms. The fourth-order valence-corrected chi connectivity index (χ4v) is 4.49. The van der Waals surface area contributed by atoms with Gasteiger partial charge < -0.3 is 10.1 Å². The van der Waals surface area contributed by atoms with Crippen LogP contribution in [0.5, 0.6) is 5.75 Å².